The van der Waals surface area contributed by atoms with Gasteiger partial charge in [-0.15, -0.1) is 0 Å². The van der Waals surface area contributed by atoms with Gasteiger partial charge in [0.05, 0.1) is 30.0 Å². The van der Waals surface area contributed by atoms with Crippen molar-refractivity contribution in [1.82, 2.24) is 10.4 Å². The van der Waals surface area contributed by atoms with Crippen LogP contribution in [0.25, 0.3) is 10.2 Å². The maximum atomic E-state index is 13.2. The lowest BCUT2D eigenvalue weighted by molar-refractivity contribution is 0.0959. The maximum absolute atomic E-state index is 13.2. The number of carbonyl (C=O) groups is 1. The Bertz CT molecular complexity index is 897. The van der Waals surface area contributed by atoms with E-state index in [0.29, 0.717) is 32.4 Å². The summed E-state index contributed by atoms with van der Waals surface area (Å²) in [5.74, 6) is 0.0605. The number of nitrogens with zero attached hydrogens (tertiary/aromatic N) is 1. The average molecular weight is 347 g/mol. The molecule has 6 nitrogen and oxygen atoms in total. The predicted octanol–water partition coefficient (Wildman–Crippen LogP) is 3.21. The highest BCUT2D eigenvalue weighted by Gasteiger charge is 2.16. The third kappa shape index (κ3) is 3.09. The minimum Gasteiger partial charge on any atom is -0.493 e. The standard InChI is InChI=1S/C16H14FN3O3S/c1-22-12-5-3-4-10(14(12)23-2)15(21)19-20-16-18-11-7-6-9(17)8-13(11)24-16/h3-8H,1-2H3,(H,18,20)(H,19,21). The van der Waals surface area contributed by atoms with E-state index in [1.54, 1.807) is 24.3 Å². The van der Waals surface area contributed by atoms with Crippen LogP contribution in [-0.2, 0) is 0 Å². The van der Waals surface area contributed by atoms with Crippen molar-refractivity contribution in [3.05, 3.63) is 47.8 Å². The smallest absolute Gasteiger partial charge is 0.273 e. The number of aromatic nitrogens is 1. The van der Waals surface area contributed by atoms with E-state index in [-0.39, 0.29) is 5.82 Å². The van der Waals surface area contributed by atoms with Gasteiger partial charge in [-0.3, -0.25) is 15.6 Å². The van der Waals surface area contributed by atoms with Crippen LogP contribution in [0.3, 0.4) is 0 Å². The zero-order valence-corrected chi connectivity index (χ0v) is 13.7. The molecule has 1 aromatic heterocycles. The van der Waals surface area contributed by atoms with Gasteiger partial charge < -0.3 is 9.47 Å². The predicted molar refractivity (Wildman–Crippen MR) is 90.2 cm³/mol. The van der Waals surface area contributed by atoms with Crippen LogP contribution in [0, 0.1) is 5.82 Å². The van der Waals surface area contributed by atoms with E-state index in [1.165, 1.54) is 37.7 Å². The summed E-state index contributed by atoms with van der Waals surface area (Å²) in [5, 5.41) is 0.450. The Labute approximate surface area is 141 Å². The van der Waals surface area contributed by atoms with Crippen LogP contribution >= 0.6 is 11.3 Å². The van der Waals surface area contributed by atoms with Crippen molar-refractivity contribution < 1.29 is 18.7 Å². The molecule has 0 spiro atoms. The van der Waals surface area contributed by atoms with Crippen LogP contribution in [0.15, 0.2) is 36.4 Å². The number of thiazole rings is 1. The fourth-order valence-electron chi connectivity index (χ4n) is 2.20. The lowest BCUT2D eigenvalue weighted by Gasteiger charge is -2.12. The highest BCUT2D eigenvalue weighted by molar-refractivity contribution is 7.22. The molecule has 0 saturated heterocycles. The molecule has 24 heavy (non-hydrogen) atoms. The molecule has 0 aliphatic rings. The van der Waals surface area contributed by atoms with E-state index in [4.69, 9.17) is 9.47 Å². The number of carbonyl (C=O) groups excluding carboxylic acids is 1. The molecule has 1 heterocycles. The first-order valence-corrected chi connectivity index (χ1v) is 7.77. The summed E-state index contributed by atoms with van der Waals surface area (Å²) in [7, 11) is 2.96. The van der Waals surface area contributed by atoms with Gasteiger partial charge >= 0.3 is 0 Å². The summed E-state index contributed by atoms with van der Waals surface area (Å²) in [6.45, 7) is 0. The van der Waals surface area contributed by atoms with Crippen LogP contribution in [0.5, 0.6) is 11.5 Å². The molecule has 0 unspecified atom stereocenters. The first-order chi connectivity index (χ1) is 11.6. The van der Waals surface area contributed by atoms with Crippen LogP contribution in [0.4, 0.5) is 9.52 Å². The van der Waals surface area contributed by atoms with Gasteiger partial charge in [-0.25, -0.2) is 9.37 Å². The minimum absolute atomic E-state index is 0.316. The van der Waals surface area contributed by atoms with Gasteiger partial charge in [-0.1, -0.05) is 17.4 Å². The third-order valence-electron chi connectivity index (χ3n) is 3.28. The van der Waals surface area contributed by atoms with Gasteiger partial charge in [-0.05, 0) is 30.3 Å². The minimum atomic E-state index is -0.406. The molecular weight excluding hydrogens is 333 g/mol. The number of benzene rings is 2. The Morgan fingerprint density at radius 3 is 2.79 bits per heavy atom. The molecule has 0 saturated carbocycles. The summed E-state index contributed by atoms with van der Waals surface area (Å²) in [6.07, 6.45) is 0. The number of methoxy groups -OCH3 is 2. The van der Waals surface area contributed by atoms with E-state index in [9.17, 15) is 9.18 Å². The topological polar surface area (TPSA) is 72.5 Å². The zero-order valence-electron chi connectivity index (χ0n) is 12.9. The van der Waals surface area contributed by atoms with Crippen LogP contribution in [0.2, 0.25) is 0 Å². The average Bonchev–Trinajstić information content (AvgIpc) is 3.00. The molecule has 3 rings (SSSR count). The second kappa shape index (κ2) is 6.71. The van der Waals surface area contributed by atoms with Gasteiger partial charge in [0.15, 0.2) is 11.5 Å². The molecule has 2 N–H and O–H groups in total. The molecular formula is C16H14FN3O3S. The fraction of sp³-hybridized carbons (Fsp3) is 0.125. The lowest BCUT2D eigenvalue weighted by atomic mass is 10.2. The van der Waals surface area contributed by atoms with Gasteiger partial charge in [0.2, 0.25) is 5.13 Å². The largest absolute Gasteiger partial charge is 0.493 e. The van der Waals surface area contributed by atoms with E-state index in [0.717, 1.165) is 0 Å². The van der Waals surface area contributed by atoms with Gasteiger partial charge in [0.25, 0.3) is 5.91 Å². The molecule has 124 valence electrons. The van der Waals surface area contributed by atoms with Crippen molar-refractivity contribution >= 4 is 32.6 Å². The molecule has 0 bridgehead atoms. The number of rotatable bonds is 5. The van der Waals surface area contributed by atoms with Crippen molar-refractivity contribution in [3.8, 4) is 11.5 Å². The van der Waals surface area contributed by atoms with E-state index < -0.39 is 5.91 Å². The second-order valence-electron chi connectivity index (χ2n) is 4.75. The highest BCUT2D eigenvalue weighted by atomic mass is 32.1. The Morgan fingerprint density at radius 1 is 1.21 bits per heavy atom. The number of hydrogen-bond acceptors (Lipinski definition) is 6. The maximum Gasteiger partial charge on any atom is 0.273 e. The monoisotopic (exact) mass is 347 g/mol. The third-order valence-corrected chi connectivity index (χ3v) is 4.21. The Hall–Kier alpha value is -2.87. The van der Waals surface area contributed by atoms with E-state index in [1.807, 2.05) is 0 Å². The molecule has 2 aromatic carbocycles. The number of hydrogen-bond donors (Lipinski definition) is 2. The Kier molecular flexibility index (Phi) is 4.48. The van der Waals surface area contributed by atoms with Gasteiger partial charge in [-0.2, -0.15) is 0 Å². The molecule has 3 aromatic rings. The lowest BCUT2D eigenvalue weighted by Crippen LogP contribution is -2.29. The van der Waals surface area contributed by atoms with Gasteiger partial charge in [0.1, 0.15) is 5.82 Å². The molecule has 0 aliphatic heterocycles. The number of fused-ring (bicyclic) bond motifs is 1. The van der Waals surface area contributed by atoms with Crippen LogP contribution < -0.4 is 20.3 Å². The van der Waals surface area contributed by atoms with E-state index in [2.05, 4.69) is 15.8 Å². The number of ether oxygens (including phenoxy) is 2. The zero-order chi connectivity index (χ0) is 17.1. The molecule has 8 heteroatoms. The quantitative estimate of drug-likeness (QED) is 0.694. The molecule has 0 radical (unpaired) electrons. The number of nitrogens with one attached hydrogen (secondary N) is 2. The second-order valence-corrected chi connectivity index (χ2v) is 5.78. The normalized spacial score (nSPS) is 10.5. The first-order valence-electron chi connectivity index (χ1n) is 6.96. The van der Waals surface area contributed by atoms with Crippen molar-refractivity contribution in [2.75, 3.05) is 19.6 Å². The summed E-state index contributed by atoms with van der Waals surface area (Å²) in [4.78, 5) is 16.6. The van der Waals surface area contributed by atoms with Crippen LogP contribution in [-0.4, -0.2) is 25.1 Å². The summed E-state index contributed by atoms with van der Waals surface area (Å²) < 4.78 is 24.3. The number of halogens is 1. The number of para-hydroxylation sites is 1. The summed E-state index contributed by atoms with van der Waals surface area (Å²) in [5.41, 5.74) is 6.24. The number of amides is 1. The molecule has 0 aliphatic carbocycles. The SMILES string of the molecule is COc1cccc(C(=O)NNc2nc3ccc(F)cc3s2)c1OC. The fourth-order valence-corrected chi connectivity index (χ4v) is 3.04. The van der Waals surface area contributed by atoms with Crippen molar-refractivity contribution in [1.29, 1.82) is 0 Å². The number of anilines is 1. The number of hydrazine groups is 1. The molecule has 0 atom stereocenters. The van der Waals surface area contributed by atoms with Crippen molar-refractivity contribution in [3.63, 3.8) is 0 Å². The highest BCUT2D eigenvalue weighted by Crippen LogP contribution is 2.31. The van der Waals surface area contributed by atoms with Crippen LogP contribution in [0.1, 0.15) is 10.4 Å². The Balaban J connectivity index is 1.77. The molecule has 0 fully saturated rings. The van der Waals surface area contributed by atoms with Crippen molar-refractivity contribution in [2.24, 2.45) is 0 Å². The van der Waals surface area contributed by atoms with Gasteiger partial charge in [0, 0.05) is 0 Å². The summed E-state index contributed by atoms with van der Waals surface area (Å²) in [6, 6.07) is 9.32. The van der Waals surface area contributed by atoms with Crippen molar-refractivity contribution in [2.45, 2.75) is 0 Å². The molecule has 1 amide bonds. The Morgan fingerprint density at radius 2 is 2.04 bits per heavy atom. The van der Waals surface area contributed by atoms with E-state index >= 15 is 0 Å². The first kappa shape index (κ1) is 16.0. The summed E-state index contributed by atoms with van der Waals surface area (Å²) >= 11 is 1.23.